The van der Waals surface area contributed by atoms with Crippen LogP contribution in [0.15, 0.2) is 6.20 Å². The Morgan fingerprint density at radius 1 is 0.963 bits per heavy atom. The van der Waals surface area contributed by atoms with Gasteiger partial charge in [-0.2, -0.15) is 15.0 Å². The summed E-state index contributed by atoms with van der Waals surface area (Å²) in [4.78, 5) is 23.5. The molecule has 4 rings (SSSR count). The van der Waals surface area contributed by atoms with Gasteiger partial charge in [-0.3, -0.25) is 0 Å². The molecule has 4 heterocycles. The van der Waals surface area contributed by atoms with Gasteiger partial charge in [-0.1, -0.05) is 13.3 Å². The minimum atomic E-state index is 0.716. The van der Waals surface area contributed by atoms with Gasteiger partial charge in [-0.05, 0) is 25.7 Å². The number of morpholine rings is 1. The largest absolute Gasteiger partial charge is 0.378 e. The fourth-order valence-corrected chi connectivity index (χ4v) is 3.57. The molecule has 2 aliphatic heterocycles. The number of fused-ring (bicyclic) bond motifs is 1. The van der Waals surface area contributed by atoms with Gasteiger partial charge in [0.2, 0.25) is 11.9 Å². The number of hydrogen-bond acceptors (Lipinski definition) is 8. The Kier molecular flexibility index (Phi) is 5.81. The molecule has 2 aromatic heterocycles. The van der Waals surface area contributed by atoms with E-state index in [2.05, 4.69) is 27.0 Å². The summed E-state index contributed by atoms with van der Waals surface area (Å²) >= 11 is 0. The Morgan fingerprint density at radius 3 is 2.48 bits per heavy atom. The number of ether oxygens (including phenoxy) is 1. The van der Waals surface area contributed by atoms with Gasteiger partial charge in [0, 0.05) is 38.9 Å². The monoisotopic (exact) mass is 371 g/mol. The number of rotatable bonds is 6. The first-order chi connectivity index (χ1) is 13.3. The smallest absolute Gasteiger partial charge is 0.229 e. The van der Waals surface area contributed by atoms with E-state index in [-0.39, 0.29) is 0 Å². The highest BCUT2D eigenvalue weighted by Gasteiger charge is 2.19. The maximum Gasteiger partial charge on any atom is 0.229 e. The predicted molar refractivity (Wildman–Crippen MR) is 108 cm³/mol. The highest BCUT2D eigenvalue weighted by atomic mass is 16.5. The van der Waals surface area contributed by atoms with Crippen LogP contribution in [0.25, 0.3) is 11.0 Å². The molecular formula is C19H29N7O. The van der Waals surface area contributed by atoms with E-state index in [0.29, 0.717) is 13.2 Å². The van der Waals surface area contributed by atoms with Gasteiger partial charge in [-0.25, -0.2) is 4.98 Å². The molecule has 2 saturated heterocycles. The molecule has 0 unspecified atom stereocenters. The molecule has 0 aromatic carbocycles. The average Bonchev–Trinajstić information content (AvgIpc) is 2.74. The van der Waals surface area contributed by atoms with Crippen LogP contribution < -0.4 is 15.1 Å². The van der Waals surface area contributed by atoms with Crippen molar-refractivity contribution in [3.05, 3.63) is 6.20 Å². The fourth-order valence-electron chi connectivity index (χ4n) is 3.57. The van der Waals surface area contributed by atoms with Gasteiger partial charge in [0.05, 0.1) is 18.6 Å². The van der Waals surface area contributed by atoms with Crippen molar-refractivity contribution < 1.29 is 4.74 Å². The van der Waals surface area contributed by atoms with Crippen molar-refractivity contribution in [1.29, 1.82) is 0 Å². The molecule has 2 aromatic rings. The van der Waals surface area contributed by atoms with Crippen molar-refractivity contribution in [2.45, 2.75) is 39.0 Å². The Balaban J connectivity index is 1.68. The van der Waals surface area contributed by atoms with E-state index < -0.39 is 0 Å². The van der Waals surface area contributed by atoms with E-state index in [1.165, 1.54) is 19.3 Å². The zero-order valence-electron chi connectivity index (χ0n) is 16.2. The summed E-state index contributed by atoms with van der Waals surface area (Å²) in [5, 5.41) is 4.37. The second kappa shape index (κ2) is 8.65. The molecule has 1 N–H and O–H groups in total. The molecule has 2 aliphatic rings. The van der Waals surface area contributed by atoms with E-state index in [4.69, 9.17) is 19.7 Å². The van der Waals surface area contributed by atoms with Gasteiger partial charge in [0.25, 0.3) is 0 Å². The molecule has 0 radical (unpaired) electrons. The minimum Gasteiger partial charge on any atom is -0.378 e. The fraction of sp³-hybridized carbons (Fsp3) is 0.684. The number of hydrogen-bond donors (Lipinski definition) is 1. The van der Waals surface area contributed by atoms with Crippen LogP contribution in [0.1, 0.15) is 39.0 Å². The molecular weight excluding hydrogens is 342 g/mol. The van der Waals surface area contributed by atoms with Crippen LogP contribution in [0.3, 0.4) is 0 Å². The maximum absolute atomic E-state index is 5.44. The molecule has 27 heavy (non-hydrogen) atoms. The average molecular weight is 371 g/mol. The lowest BCUT2D eigenvalue weighted by atomic mass is 10.1. The van der Waals surface area contributed by atoms with E-state index in [9.17, 15) is 0 Å². The number of nitrogens with one attached hydrogen (secondary N) is 1. The minimum absolute atomic E-state index is 0.716. The Hall–Kier alpha value is -2.22. The van der Waals surface area contributed by atoms with Crippen LogP contribution in [0, 0.1) is 0 Å². The van der Waals surface area contributed by atoms with Gasteiger partial charge in [0.15, 0.2) is 5.65 Å². The zero-order chi connectivity index (χ0) is 18.5. The molecule has 8 heteroatoms. The second-order valence-electron chi connectivity index (χ2n) is 7.21. The van der Waals surface area contributed by atoms with Crippen molar-refractivity contribution >= 4 is 28.7 Å². The third-order valence-electron chi connectivity index (χ3n) is 5.18. The first-order valence-electron chi connectivity index (χ1n) is 10.2. The molecule has 0 atom stereocenters. The summed E-state index contributed by atoms with van der Waals surface area (Å²) in [6.45, 7) is 8.18. The van der Waals surface area contributed by atoms with Crippen molar-refractivity contribution in [2.24, 2.45) is 0 Å². The van der Waals surface area contributed by atoms with Gasteiger partial charge in [-0.15, -0.1) is 0 Å². The molecule has 0 bridgehead atoms. The number of nitrogens with zero attached hydrogens (tertiary/aromatic N) is 6. The van der Waals surface area contributed by atoms with Crippen molar-refractivity contribution in [3.63, 3.8) is 0 Å². The zero-order valence-corrected chi connectivity index (χ0v) is 16.2. The highest BCUT2D eigenvalue weighted by molar-refractivity contribution is 5.87. The quantitative estimate of drug-likeness (QED) is 0.776. The lowest BCUT2D eigenvalue weighted by Crippen LogP contribution is -2.37. The molecule has 146 valence electrons. The van der Waals surface area contributed by atoms with Crippen LogP contribution in [-0.4, -0.2) is 65.9 Å². The summed E-state index contributed by atoms with van der Waals surface area (Å²) < 4.78 is 5.44. The SMILES string of the molecule is CCCCNc1nc(N2CCCCC2)nc2nc(N3CCOCC3)ncc12. The second-order valence-corrected chi connectivity index (χ2v) is 7.21. The number of anilines is 3. The summed E-state index contributed by atoms with van der Waals surface area (Å²) in [5.74, 6) is 2.36. The molecule has 0 spiro atoms. The molecule has 8 nitrogen and oxygen atoms in total. The third kappa shape index (κ3) is 4.21. The van der Waals surface area contributed by atoms with Crippen LogP contribution in [-0.2, 0) is 4.74 Å². The van der Waals surface area contributed by atoms with E-state index in [0.717, 1.165) is 74.3 Å². The molecule has 0 saturated carbocycles. The number of piperidine rings is 1. The summed E-state index contributed by atoms with van der Waals surface area (Å²) in [6, 6.07) is 0. The number of unbranched alkanes of at least 4 members (excludes halogenated alkanes) is 1. The summed E-state index contributed by atoms with van der Waals surface area (Å²) in [6.07, 6.45) is 7.80. The van der Waals surface area contributed by atoms with Crippen molar-refractivity contribution in [2.75, 3.05) is 61.1 Å². The van der Waals surface area contributed by atoms with Crippen LogP contribution in [0.5, 0.6) is 0 Å². The van der Waals surface area contributed by atoms with E-state index >= 15 is 0 Å². The van der Waals surface area contributed by atoms with Crippen molar-refractivity contribution in [1.82, 2.24) is 19.9 Å². The Morgan fingerprint density at radius 2 is 1.70 bits per heavy atom. The van der Waals surface area contributed by atoms with Gasteiger partial charge < -0.3 is 19.9 Å². The van der Waals surface area contributed by atoms with Crippen LogP contribution in [0.4, 0.5) is 17.7 Å². The first-order valence-corrected chi connectivity index (χ1v) is 10.2. The Labute approximate surface area is 160 Å². The predicted octanol–water partition coefficient (Wildman–Crippen LogP) is 2.46. The third-order valence-corrected chi connectivity index (χ3v) is 5.18. The topological polar surface area (TPSA) is 79.3 Å². The highest BCUT2D eigenvalue weighted by Crippen LogP contribution is 2.25. The standard InChI is InChI=1S/C19H29N7O/c1-2-3-7-20-16-15-14-21-18(26-10-12-27-13-11-26)23-17(15)24-19(22-16)25-8-5-4-6-9-25/h14H,2-13H2,1H3,(H,20,21,22,23,24). The van der Waals surface area contributed by atoms with Crippen LogP contribution >= 0.6 is 0 Å². The van der Waals surface area contributed by atoms with E-state index in [1.807, 2.05) is 6.20 Å². The molecule has 2 fully saturated rings. The Bertz CT molecular complexity index is 752. The lowest BCUT2D eigenvalue weighted by Gasteiger charge is -2.28. The van der Waals surface area contributed by atoms with Crippen molar-refractivity contribution in [3.8, 4) is 0 Å². The summed E-state index contributed by atoms with van der Waals surface area (Å²) in [5.41, 5.74) is 0.723. The number of aromatic nitrogens is 4. The molecule has 0 amide bonds. The van der Waals surface area contributed by atoms with Gasteiger partial charge >= 0.3 is 0 Å². The first kappa shape index (κ1) is 18.2. The normalized spacial score (nSPS) is 18.1. The van der Waals surface area contributed by atoms with E-state index in [1.54, 1.807) is 0 Å². The summed E-state index contributed by atoms with van der Waals surface area (Å²) in [7, 11) is 0. The maximum atomic E-state index is 5.44. The lowest BCUT2D eigenvalue weighted by molar-refractivity contribution is 0.122. The molecule has 0 aliphatic carbocycles. The van der Waals surface area contributed by atoms with Crippen LogP contribution in [0.2, 0.25) is 0 Å². The van der Waals surface area contributed by atoms with Gasteiger partial charge in [0.1, 0.15) is 5.82 Å².